The Balaban J connectivity index is 2.21. The van der Waals surface area contributed by atoms with Gasteiger partial charge in [-0.3, -0.25) is 0 Å². The van der Waals surface area contributed by atoms with Gasteiger partial charge in [0.1, 0.15) is 0 Å². The largest absolute Gasteiger partial charge is 0.358 e. The van der Waals surface area contributed by atoms with E-state index in [-0.39, 0.29) is 11.7 Å². The van der Waals surface area contributed by atoms with Crippen LogP contribution in [0.1, 0.15) is 24.3 Å². The number of nitrogens with zero attached hydrogens (tertiary/aromatic N) is 2. The molecule has 1 aliphatic heterocycles. The Morgan fingerprint density at radius 3 is 2.86 bits per heavy atom. The molecule has 1 fully saturated rings. The van der Waals surface area contributed by atoms with Crippen LogP contribution in [0.2, 0.25) is 0 Å². The molecule has 0 spiro atoms. The summed E-state index contributed by atoms with van der Waals surface area (Å²) in [6, 6.07) is 0. The first-order valence-electron chi connectivity index (χ1n) is 4.67. The van der Waals surface area contributed by atoms with Crippen molar-refractivity contribution in [3.8, 4) is 0 Å². The molecule has 0 aliphatic carbocycles. The van der Waals surface area contributed by atoms with Crippen molar-refractivity contribution in [2.24, 2.45) is 0 Å². The van der Waals surface area contributed by atoms with Gasteiger partial charge in [-0.25, -0.2) is 0 Å². The first-order chi connectivity index (χ1) is 6.79. The third-order valence-electron chi connectivity index (χ3n) is 2.61. The van der Waals surface area contributed by atoms with E-state index in [0.717, 1.165) is 31.5 Å². The van der Waals surface area contributed by atoms with E-state index < -0.39 is 4.92 Å². The molecule has 6 heteroatoms. The number of rotatable bonds is 2. The van der Waals surface area contributed by atoms with E-state index in [0.29, 0.717) is 0 Å². The van der Waals surface area contributed by atoms with Crippen LogP contribution >= 0.6 is 0 Å². The predicted molar refractivity (Wildman–Crippen MR) is 50.1 cm³/mol. The molecule has 0 atom stereocenters. The topological polar surface area (TPSA) is 83.8 Å². The molecule has 1 aliphatic rings. The molecule has 1 saturated heterocycles. The van der Waals surface area contributed by atoms with Gasteiger partial charge >= 0.3 is 5.82 Å². The van der Waals surface area contributed by atoms with Crippen LogP contribution in [-0.2, 0) is 0 Å². The fourth-order valence-electron chi connectivity index (χ4n) is 1.87. The molecule has 2 rings (SSSR count). The molecule has 0 radical (unpaired) electrons. The number of aromatic amines is 1. The van der Waals surface area contributed by atoms with Gasteiger partial charge in [0, 0.05) is 0 Å². The number of nitrogens with one attached hydrogen (secondary N) is 2. The lowest BCUT2D eigenvalue weighted by Gasteiger charge is -2.20. The first-order valence-corrected chi connectivity index (χ1v) is 4.67. The highest BCUT2D eigenvalue weighted by molar-refractivity contribution is 5.33. The van der Waals surface area contributed by atoms with Crippen molar-refractivity contribution in [2.45, 2.75) is 18.8 Å². The molecular formula is C8H12N4O2. The van der Waals surface area contributed by atoms with E-state index in [1.165, 1.54) is 0 Å². The third-order valence-corrected chi connectivity index (χ3v) is 2.61. The molecule has 6 nitrogen and oxygen atoms in total. The maximum absolute atomic E-state index is 10.6. The number of H-pyrrole nitrogens is 1. The third kappa shape index (κ3) is 1.60. The van der Waals surface area contributed by atoms with Crippen molar-refractivity contribution in [2.75, 3.05) is 13.1 Å². The second-order valence-corrected chi connectivity index (χ2v) is 3.46. The summed E-state index contributed by atoms with van der Waals surface area (Å²) in [5, 5.41) is 20.0. The average molecular weight is 196 g/mol. The van der Waals surface area contributed by atoms with Gasteiger partial charge < -0.3 is 15.4 Å². The summed E-state index contributed by atoms with van der Waals surface area (Å²) in [7, 11) is 0. The Bertz CT molecular complexity index is 330. The minimum Gasteiger partial charge on any atom is -0.358 e. The highest BCUT2D eigenvalue weighted by atomic mass is 16.6. The van der Waals surface area contributed by atoms with Crippen LogP contribution in [0.25, 0.3) is 0 Å². The maximum Gasteiger partial charge on any atom is 0.346 e. The van der Waals surface area contributed by atoms with Crippen LogP contribution < -0.4 is 5.32 Å². The Kier molecular flexibility index (Phi) is 2.45. The Labute approximate surface area is 80.9 Å². The molecule has 14 heavy (non-hydrogen) atoms. The summed E-state index contributed by atoms with van der Waals surface area (Å²) in [4.78, 5) is 10.2. The quantitative estimate of drug-likeness (QED) is 0.541. The zero-order valence-corrected chi connectivity index (χ0v) is 7.69. The summed E-state index contributed by atoms with van der Waals surface area (Å²) in [5.74, 6) is 0.326. The number of nitro groups is 1. The Morgan fingerprint density at radius 1 is 1.50 bits per heavy atom. The molecule has 2 N–H and O–H groups in total. The Hall–Kier alpha value is -1.43. The first kappa shape index (κ1) is 9.14. The van der Waals surface area contributed by atoms with Gasteiger partial charge in [0.05, 0.1) is 11.8 Å². The van der Waals surface area contributed by atoms with E-state index in [9.17, 15) is 10.1 Å². The molecule has 1 aromatic heterocycles. The lowest BCUT2D eigenvalue weighted by Crippen LogP contribution is -2.26. The summed E-state index contributed by atoms with van der Waals surface area (Å²) in [5.41, 5.74) is 0.747. The van der Waals surface area contributed by atoms with Gasteiger partial charge in [0.15, 0.2) is 0 Å². The highest BCUT2D eigenvalue weighted by Gasteiger charge is 2.24. The summed E-state index contributed by atoms with van der Waals surface area (Å²) >= 11 is 0. The van der Waals surface area contributed by atoms with E-state index >= 15 is 0 Å². The van der Waals surface area contributed by atoms with Crippen molar-refractivity contribution in [3.63, 3.8) is 0 Å². The SMILES string of the molecule is O=[N+]([O-])c1[nH]ncc1C1CCNCC1. The molecule has 1 aromatic rings. The van der Waals surface area contributed by atoms with Crippen molar-refractivity contribution < 1.29 is 4.92 Å². The molecule has 0 amide bonds. The summed E-state index contributed by atoms with van der Waals surface area (Å²) < 4.78 is 0. The van der Waals surface area contributed by atoms with Gasteiger partial charge in [0.25, 0.3) is 0 Å². The second kappa shape index (κ2) is 3.75. The molecule has 76 valence electrons. The van der Waals surface area contributed by atoms with Crippen molar-refractivity contribution in [1.29, 1.82) is 0 Å². The predicted octanol–water partition coefficient (Wildman–Crippen LogP) is 0.785. The van der Waals surface area contributed by atoms with Crippen molar-refractivity contribution in [3.05, 3.63) is 21.9 Å². The van der Waals surface area contributed by atoms with E-state index in [1.54, 1.807) is 6.20 Å². The fourth-order valence-corrected chi connectivity index (χ4v) is 1.87. The molecule has 2 heterocycles. The van der Waals surface area contributed by atoms with E-state index in [4.69, 9.17) is 0 Å². The van der Waals surface area contributed by atoms with Gasteiger partial charge in [-0.1, -0.05) is 5.10 Å². The van der Waals surface area contributed by atoms with Crippen LogP contribution in [0.3, 0.4) is 0 Å². The zero-order valence-electron chi connectivity index (χ0n) is 7.69. The molecule has 0 bridgehead atoms. The minimum atomic E-state index is -0.398. The Morgan fingerprint density at radius 2 is 2.21 bits per heavy atom. The number of piperidine rings is 1. The van der Waals surface area contributed by atoms with Crippen LogP contribution in [0.5, 0.6) is 0 Å². The van der Waals surface area contributed by atoms with Gasteiger partial charge in [-0.2, -0.15) is 0 Å². The molecular weight excluding hydrogens is 184 g/mol. The highest BCUT2D eigenvalue weighted by Crippen LogP contribution is 2.30. The normalized spacial score (nSPS) is 18.3. The fraction of sp³-hybridized carbons (Fsp3) is 0.625. The van der Waals surface area contributed by atoms with Crippen LogP contribution in [-0.4, -0.2) is 28.2 Å². The summed E-state index contributed by atoms with van der Waals surface area (Å²) in [6.07, 6.45) is 3.47. The standard InChI is InChI=1S/C8H12N4O2/c13-12(14)8-7(5-10-11-8)6-1-3-9-4-2-6/h5-6,9H,1-4H2,(H,10,11). The van der Waals surface area contributed by atoms with Crippen molar-refractivity contribution in [1.82, 2.24) is 15.5 Å². The lowest BCUT2D eigenvalue weighted by molar-refractivity contribution is -0.390. The van der Waals surface area contributed by atoms with Gasteiger partial charge in [-0.15, -0.1) is 5.10 Å². The zero-order chi connectivity index (χ0) is 9.97. The molecule has 0 unspecified atom stereocenters. The molecule has 0 aromatic carbocycles. The van der Waals surface area contributed by atoms with Crippen LogP contribution in [0.15, 0.2) is 6.20 Å². The van der Waals surface area contributed by atoms with Crippen LogP contribution in [0, 0.1) is 10.1 Å². The maximum atomic E-state index is 10.6. The average Bonchev–Trinajstić information content (AvgIpc) is 2.67. The number of aromatic nitrogens is 2. The van der Waals surface area contributed by atoms with Gasteiger partial charge in [0.2, 0.25) is 0 Å². The van der Waals surface area contributed by atoms with E-state index in [1.807, 2.05) is 0 Å². The molecule has 0 saturated carbocycles. The minimum absolute atomic E-state index is 0.0527. The van der Waals surface area contributed by atoms with Gasteiger partial charge in [-0.05, 0) is 36.8 Å². The van der Waals surface area contributed by atoms with E-state index in [2.05, 4.69) is 15.5 Å². The number of hydrogen-bond donors (Lipinski definition) is 2. The number of hydrogen-bond acceptors (Lipinski definition) is 4. The summed E-state index contributed by atoms with van der Waals surface area (Å²) in [6.45, 7) is 1.85. The van der Waals surface area contributed by atoms with Crippen LogP contribution in [0.4, 0.5) is 5.82 Å². The second-order valence-electron chi connectivity index (χ2n) is 3.46. The monoisotopic (exact) mass is 196 g/mol. The lowest BCUT2D eigenvalue weighted by atomic mass is 9.92. The van der Waals surface area contributed by atoms with Crippen molar-refractivity contribution >= 4 is 5.82 Å². The smallest absolute Gasteiger partial charge is 0.346 e.